The average Bonchev–Trinajstić information content (AvgIpc) is 2.41. The van der Waals surface area contributed by atoms with E-state index in [2.05, 4.69) is 15.4 Å². The van der Waals surface area contributed by atoms with Crippen molar-refractivity contribution in [1.29, 1.82) is 0 Å². The highest BCUT2D eigenvalue weighted by atomic mass is 19.4. The first-order valence-electron chi connectivity index (χ1n) is 7.24. The Labute approximate surface area is 131 Å². The fourth-order valence-corrected chi connectivity index (χ4v) is 2.23. The molecule has 0 radical (unpaired) electrons. The van der Waals surface area contributed by atoms with Gasteiger partial charge in [0.15, 0.2) is 6.61 Å². The van der Waals surface area contributed by atoms with E-state index in [9.17, 15) is 23.1 Å². The Morgan fingerprint density at radius 1 is 1.39 bits per heavy atom. The quantitative estimate of drug-likeness (QED) is 0.776. The highest BCUT2D eigenvalue weighted by Crippen LogP contribution is 2.30. The van der Waals surface area contributed by atoms with Crippen molar-refractivity contribution in [1.82, 2.24) is 5.32 Å². The van der Waals surface area contributed by atoms with Crippen molar-refractivity contribution in [3.63, 3.8) is 0 Å². The lowest BCUT2D eigenvalue weighted by Crippen LogP contribution is -2.48. The highest BCUT2D eigenvalue weighted by molar-refractivity contribution is 5.89. The maximum atomic E-state index is 12.1. The van der Waals surface area contributed by atoms with Crippen molar-refractivity contribution < 1.29 is 27.8 Å². The van der Waals surface area contributed by atoms with Crippen molar-refractivity contribution in [2.24, 2.45) is 0 Å². The normalized spacial score (nSPS) is 16.4. The van der Waals surface area contributed by atoms with E-state index in [0.717, 1.165) is 6.42 Å². The molecule has 0 heterocycles. The molecule has 23 heavy (non-hydrogen) atoms. The van der Waals surface area contributed by atoms with Crippen molar-refractivity contribution in [2.75, 3.05) is 18.5 Å². The summed E-state index contributed by atoms with van der Waals surface area (Å²) < 4.78 is 41.1. The minimum Gasteiger partial charge on any atom is -0.484 e. The van der Waals surface area contributed by atoms with E-state index in [1.54, 1.807) is 6.92 Å². The second kappa shape index (κ2) is 6.66. The van der Waals surface area contributed by atoms with Crippen LogP contribution in [0.5, 0.6) is 5.75 Å². The van der Waals surface area contributed by atoms with Gasteiger partial charge in [0.05, 0.1) is 5.60 Å². The summed E-state index contributed by atoms with van der Waals surface area (Å²) in [4.78, 5) is 11.7. The van der Waals surface area contributed by atoms with Gasteiger partial charge in [0.1, 0.15) is 5.75 Å². The number of benzene rings is 1. The summed E-state index contributed by atoms with van der Waals surface area (Å²) in [6, 6.07) is 3.87. The van der Waals surface area contributed by atoms with Crippen molar-refractivity contribution in [2.45, 2.75) is 38.0 Å². The first-order chi connectivity index (χ1) is 10.7. The molecule has 8 heteroatoms. The predicted molar refractivity (Wildman–Crippen MR) is 78.6 cm³/mol. The number of amides is 2. The number of aliphatic hydroxyl groups is 1. The molecule has 1 aliphatic rings. The second-order valence-electron chi connectivity index (χ2n) is 5.77. The first-order valence-corrected chi connectivity index (χ1v) is 7.24. The zero-order chi connectivity index (χ0) is 17.1. The van der Waals surface area contributed by atoms with Crippen LogP contribution >= 0.6 is 0 Å². The number of aryl methyl sites for hydroxylation is 1. The van der Waals surface area contributed by atoms with Crippen LogP contribution in [-0.2, 0) is 0 Å². The Morgan fingerprint density at radius 3 is 2.61 bits per heavy atom. The van der Waals surface area contributed by atoms with Gasteiger partial charge in [-0.15, -0.1) is 0 Å². The highest BCUT2D eigenvalue weighted by Gasteiger charge is 2.34. The van der Waals surface area contributed by atoms with Crippen LogP contribution < -0.4 is 15.4 Å². The van der Waals surface area contributed by atoms with Gasteiger partial charge in [0.25, 0.3) is 0 Å². The maximum absolute atomic E-state index is 12.1. The van der Waals surface area contributed by atoms with Gasteiger partial charge in [0, 0.05) is 12.2 Å². The molecule has 1 aromatic rings. The third kappa shape index (κ3) is 5.31. The number of urea groups is 1. The van der Waals surface area contributed by atoms with Gasteiger partial charge in [0.2, 0.25) is 0 Å². The van der Waals surface area contributed by atoms with Crippen molar-refractivity contribution in [3.8, 4) is 5.75 Å². The topological polar surface area (TPSA) is 70.6 Å². The molecule has 128 valence electrons. The number of rotatable bonds is 5. The third-order valence-electron chi connectivity index (χ3n) is 3.69. The number of hydrogen-bond donors (Lipinski definition) is 3. The molecule has 0 atom stereocenters. The number of carbonyl (C=O) groups is 1. The molecule has 1 saturated carbocycles. The molecule has 0 aliphatic heterocycles. The standard InChI is InChI=1S/C15H19F3N2O3/c1-10-7-11(3-4-12(10)23-9-15(16,17)18)20-13(21)19-8-14(22)5-2-6-14/h3-4,7,22H,2,5-6,8-9H2,1H3,(H2,19,20,21). The van der Waals surface area contributed by atoms with Gasteiger partial charge < -0.3 is 20.5 Å². The van der Waals surface area contributed by atoms with Crippen LogP contribution in [0.15, 0.2) is 18.2 Å². The third-order valence-corrected chi connectivity index (χ3v) is 3.69. The van der Waals surface area contributed by atoms with Gasteiger partial charge in [-0.1, -0.05) is 0 Å². The van der Waals surface area contributed by atoms with Crippen LogP contribution in [0.1, 0.15) is 24.8 Å². The van der Waals surface area contributed by atoms with Gasteiger partial charge in [-0.25, -0.2) is 4.79 Å². The molecule has 0 aromatic heterocycles. The zero-order valence-electron chi connectivity index (χ0n) is 12.7. The smallest absolute Gasteiger partial charge is 0.422 e. The summed E-state index contributed by atoms with van der Waals surface area (Å²) in [5, 5.41) is 15.0. The molecule has 2 amide bonds. The number of hydrogen-bond acceptors (Lipinski definition) is 3. The number of ether oxygens (including phenoxy) is 1. The molecule has 1 aliphatic carbocycles. The average molecular weight is 332 g/mol. The van der Waals surface area contributed by atoms with Gasteiger partial charge in [-0.3, -0.25) is 0 Å². The van der Waals surface area contributed by atoms with Crippen LogP contribution in [0.4, 0.5) is 23.7 Å². The number of alkyl halides is 3. The Kier molecular flexibility index (Phi) is 5.03. The fraction of sp³-hybridized carbons (Fsp3) is 0.533. The predicted octanol–water partition coefficient (Wildman–Crippen LogP) is 2.97. The summed E-state index contributed by atoms with van der Waals surface area (Å²) in [6.45, 7) is 0.399. The first kappa shape index (κ1) is 17.4. The van der Waals surface area contributed by atoms with Gasteiger partial charge in [-0.05, 0) is 49.9 Å². The SMILES string of the molecule is Cc1cc(NC(=O)NCC2(O)CCC2)ccc1OCC(F)(F)F. The second-order valence-corrected chi connectivity index (χ2v) is 5.77. The Morgan fingerprint density at radius 2 is 2.09 bits per heavy atom. The van der Waals surface area contributed by atoms with Crippen molar-refractivity contribution >= 4 is 11.7 Å². The molecule has 0 bridgehead atoms. The van der Waals surface area contributed by atoms with E-state index >= 15 is 0 Å². The summed E-state index contributed by atoms with van der Waals surface area (Å²) in [6.07, 6.45) is -2.13. The van der Waals surface area contributed by atoms with Crippen LogP contribution in [0.3, 0.4) is 0 Å². The monoisotopic (exact) mass is 332 g/mol. The van der Waals surface area contributed by atoms with E-state index < -0.39 is 24.4 Å². The lowest BCUT2D eigenvalue weighted by Gasteiger charge is -2.36. The molecule has 3 N–H and O–H groups in total. The molecule has 0 unspecified atom stereocenters. The molecular weight excluding hydrogens is 313 g/mol. The molecular formula is C15H19F3N2O3. The molecule has 5 nitrogen and oxygen atoms in total. The molecule has 0 saturated heterocycles. The Balaban J connectivity index is 1.85. The van der Waals surface area contributed by atoms with E-state index in [0.29, 0.717) is 24.1 Å². The number of halogens is 3. The fourth-order valence-electron chi connectivity index (χ4n) is 2.23. The van der Waals surface area contributed by atoms with E-state index in [4.69, 9.17) is 0 Å². The number of carbonyl (C=O) groups excluding carboxylic acids is 1. The largest absolute Gasteiger partial charge is 0.484 e. The molecule has 1 aromatic carbocycles. The van der Waals surface area contributed by atoms with Gasteiger partial charge in [-0.2, -0.15) is 13.2 Å². The Bertz CT molecular complexity index is 572. The maximum Gasteiger partial charge on any atom is 0.422 e. The molecule has 1 fully saturated rings. The minimum absolute atomic E-state index is 0.108. The van der Waals surface area contributed by atoms with Crippen LogP contribution in [0.2, 0.25) is 0 Å². The number of anilines is 1. The van der Waals surface area contributed by atoms with Crippen molar-refractivity contribution in [3.05, 3.63) is 23.8 Å². The Hall–Kier alpha value is -1.96. The number of nitrogens with one attached hydrogen (secondary N) is 2. The molecule has 0 spiro atoms. The van der Waals surface area contributed by atoms with E-state index in [1.807, 2.05) is 0 Å². The lowest BCUT2D eigenvalue weighted by atomic mass is 9.80. The van der Waals surface area contributed by atoms with Crippen LogP contribution in [-0.4, -0.2) is 36.1 Å². The van der Waals surface area contributed by atoms with Crippen LogP contribution in [0.25, 0.3) is 0 Å². The van der Waals surface area contributed by atoms with E-state index in [1.165, 1.54) is 18.2 Å². The van der Waals surface area contributed by atoms with Crippen LogP contribution in [0, 0.1) is 6.92 Å². The summed E-state index contributed by atoms with van der Waals surface area (Å²) in [5.74, 6) is 0.108. The zero-order valence-corrected chi connectivity index (χ0v) is 12.7. The van der Waals surface area contributed by atoms with Gasteiger partial charge >= 0.3 is 12.2 Å². The lowest BCUT2D eigenvalue weighted by molar-refractivity contribution is -0.153. The van der Waals surface area contributed by atoms with E-state index in [-0.39, 0.29) is 12.3 Å². The summed E-state index contributed by atoms with van der Waals surface area (Å²) >= 11 is 0. The minimum atomic E-state index is -4.40. The molecule has 2 rings (SSSR count). The summed E-state index contributed by atoms with van der Waals surface area (Å²) in [7, 11) is 0. The summed E-state index contributed by atoms with van der Waals surface area (Å²) in [5.41, 5.74) is 0.0901.